The Kier molecular flexibility index (Phi) is 6.31. The van der Waals surface area contributed by atoms with Gasteiger partial charge >= 0.3 is 0 Å². The first-order chi connectivity index (χ1) is 11.9. The second-order valence-corrected chi connectivity index (χ2v) is 6.22. The molecular formula is C20H25N3O2. The van der Waals surface area contributed by atoms with Crippen LogP contribution in [0.4, 0.5) is 11.4 Å². The highest BCUT2D eigenvalue weighted by Crippen LogP contribution is 2.22. The predicted molar refractivity (Wildman–Crippen MR) is 102 cm³/mol. The minimum absolute atomic E-state index is 0.0826. The molecule has 0 bridgehead atoms. The van der Waals surface area contributed by atoms with E-state index in [-0.39, 0.29) is 11.8 Å². The summed E-state index contributed by atoms with van der Waals surface area (Å²) in [4.78, 5) is 24.3. The quantitative estimate of drug-likeness (QED) is 0.752. The molecule has 0 unspecified atom stereocenters. The number of nitrogens with one attached hydrogen (secondary N) is 2. The standard InChI is InChI=1S/C20H25N3O2/c1-13-6-8-16(11-15(13)3)20(25)23-18-12-17(9-7-14(18)2)22-19(24)5-4-10-21/h6-9,11-12H,4-5,10,21H2,1-3H3,(H,22,24)(H,23,25). The van der Waals surface area contributed by atoms with Crippen LogP contribution in [0.25, 0.3) is 0 Å². The fourth-order valence-electron chi connectivity index (χ4n) is 2.40. The van der Waals surface area contributed by atoms with Gasteiger partial charge in [0.2, 0.25) is 5.91 Å². The van der Waals surface area contributed by atoms with Crippen LogP contribution in [-0.4, -0.2) is 18.4 Å². The SMILES string of the molecule is Cc1ccc(C(=O)Nc2cc(NC(=O)CCCN)ccc2C)cc1C. The summed E-state index contributed by atoms with van der Waals surface area (Å²) in [6, 6.07) is 11.1. The molecule has 5 nitrogen and oxygen atoms in total. The molecule has 0 aliphatic rings. The minimum atomic E-state index is -0.169. The van der Waals surface area contributed by atoms with Crippen molar-refractivity contribution in [1.29, 1.82) is 0 Å². The van der Waals surface area contributed by atoms with E-state index in [1.54, 1.807) is 6.07 Å². The van der Waals surface area contributed by atoms with Gasteiger partial charge in [0.25, 0.3) is 5.91 Å². The Morgan fingerprint density at radius 2 is 1.64 bits per heavy atom. The molecule has 0 saturated heterocycles. The van der Waals surface area contributed by atoms with E-state index in [2.05, 4.69) is 10.6 Å². The number of rotatable bonds is 6. The highest BCUT2D eigenvalue weighted by Gasteiger charge is 2.10. The lowest BCUT2D eigenvalue weighted by atomic mass is 10.1. The van der Waals surface area contributed by atoms with Crippen LogP contribution in [0.5, 0.6) is 0 Å². The Morgan fingerprint density at radius 1 is 0.920 bits per heavy atom. The monoisotopic (exact) mass is 339 g/mol. The second-order valence-electron chi connectivity index (χ2n) is 6.22. The molecule has 0 heterocycles. The van der Waals surface area contributed by atoms with Gasteiger partial charge in [0, 0.05) is 23.4 Å². The zero-order valence-corrected chi connectivity index (χ0v) is 15.0. The van der Waals surface area contributed by atoms with E-state index >= 15 is 0 Å². The van der Waals surface area contributed by atoms with Crippen LogP contribution in [0.15, 0.2) is 36.4 Å². The summed E-state index contributed by atoms with van der Waals surface area (Å²) < 4.78 is 0. The maximum absolute atomic E-state index is 12.5. The Morgan fingerprint density at radius 3 is 2.32 bits per heavy atom. The molecule has 0 aromatic heterocycles. The highest BCUT2D eigenvalue weighted by atomic mass is 16.2. The number of benzene rings is 2. The van der Waals surface area contributed by atoms with Crippen LogP contribution in [-0.2, 0) is 4.79 Å². The van der Waals surface area contributed by atoms with Crippen molar-refractivity contribution in [3.8, 4) is 0 Å². The molecule has 2 aromatic carbocycles. The molecule has 2 rings (SSSR count). The summed E-state index contributed by atoms with van der Waals surface area (Å²) in [5.41, 5.74) is 10.5. The Labute approximate surface area is 148 Å². The average molecular weight is 339 g/mol. The first-order valence-corrected chi connectivity index (χ1v) is 8.40. The van der Waals surface area contributed by atoms with Crippen LogP contribution in [0.1, 0.15) is 39.9 Å². The molecule has 0 spiro atoms. The van der Waals surface area contributed by atoms with E-state index in [0.717, 1.165) is 16.7 Å². The largest absolute Gasteiger partial charge is 0.330 e. The third kappa shape index (κ3) is 5.16. The zero-order valence-electron chi connectivity index (χ0n) is 15.0. The lowest BCUT2D eigenvalue weighted by molar-refractivity contribution is -0.116. The van der Waals surface area contributed by atoms with Gasteiger partial charge in [-0.1, -0.05) is 12.1 Å². The van der Waals surface area contributed by atoms with E-state index in [9.17, 15) is 9.59 Å². The van der Waals surface area contributed by atoms with Crippen LogP contribution < -0.4 is 16.4 Å². The van der Waals surface area contributed by atoms with Crippen molar-refractivity contribution in [1.82, 2.24) is 0 Å². The number of hydrogen-bond donors (Lipinski definition) is 3. The number of carbonyl (C=O) groups excluding carboxylic acids is 2. The topological polar surface area (TPSA) is 84.2 Å². The Bertz CT molecular complexity index is 785. The van der Waals surface area contributed by atoms with Crippen LogP contribution in [0, 0.1) is 20.8 Å². The third-order valence-corrected chi connectivity index (χ3v) is 4.15. The Hall–Kier alpha value is -2.66. The summed E-state index contributed by atoms with van der Waals surface area (Å²) in [6.07, 6.45) is 1.03. The van der Waals surface area contributed by atoms with Crippen LogP contribution in [0.3, 0.4) is 0 Å². The van der Waals surface area contributed by atoms with Gasteiger partial charge in [-0.15, -0.1) is 0 Å². The number of nitrogens with two attached hydrogens (primary N) is 1. The molecule has 2 amide bonds. The van der Waals surface area contributed by atoms with Crippen molar-refractivity contribution in [2.24, 2.45) is 5.73 Å². The van der Waals surface area contributed by atoms with E-state index in [0.29, 0.717) is 36.3 Å². The molecular weight excluding hydrogens is 314 g/mol. The first kappa shape index (κ1) is 18.7. The predicted octanol–water partition coefficient (Wildman–Crippen LogP) is 3.54. The number of carbonyl (C=O) groups is 2. The zero-order chi connectivity index (χ0) is 18.4. The third-order valence-electron chi connectivity index (χ3n) is 4.15. The van der Waals surface area contributed by atoms with Crippen molar-refractivity contribution >= 4 is 23.2 Å². The van der Waals surface area contributed by atoms with Crippen molar-refractivity contribution in [3.63, 3.8) is 0 Å². The molecule has 2 aromatic rings. The van der Waals surface area contributed by atoms with E-state index in [4.69, 9.17) is 5.73 Å². The van der Waals surface area contributed by atoms with Crippen LogP contribution in [0.2, 0.25) is 0 Å². The fraction of sp³-hybridized carbons (Fsp3) is 0.300. The lowest BCUT2D eigenvalue weighted by Gasteiger charge is -2.12. The summed E-state index contributed by atoms with van der Waals surface area (Å²) in [5, 5.41) is 5.75. The highest BCUT2D eigenvalue weighted by molar-refractivity contribution is 6.05. The molecule has 0 saturated carbocycles. The molecule has 25 heavy (non-hydrogen) atoms. The summed E-state index contributed by atoms with van der Waals surface area (Å²) >= 11 is 0. The maximum Gasteiger partial charge on any atom is 0.255 e. The van der Waals surface area contributed by atoms with Gasteiger partial charge in [0.05, 0.1) is 0 Å². The first-order valence-electron chi connectivity index (χ1n) is 8.40. The number of hydrogen-bond acceptors (Lipinski definition) is 3. The van der Waals surface area contributed by atoms with E-state index < -0.39 is 0 Å². The second kappa shape index (κ2) is 8.44. The molecule has 5 heteroatoms. The van der Waals surface area contributed by atoms with Crippen molar-refractivity contribution < 1.29 is 9.59 Å². The van der Waals surface area contributed by atoms with Gasteiger partial charge in [-0.3, -0.25) is 9.59 Å². The Balaban J connectivity index is 2.12. The van der Waals surface area contributed by atoms with Crippen molar-refractivity contribution in [2.75, 3.05) is 17.2 Å². The van der Waals surface area contributed by atoms with Gasteiger partial charge in [-0.05, 0) is 74.7 Å². The summed E-state index contributed by atoms with van der Waals surface area (Å²) in [7, 11) is 0. The fourth-order valence-corrected chi connectivity index (χ4v) is 2.40. The van der Waals surface area contributed by atoms with E-state index in [1.807, 2.05) is 51.1 Å². The molecule has 0 aliphatic heterocycles. The molecule has 132 valence electrons. The van der Waals surface area contributed by atoms with Crippen molar-refractivity contribution in [3.05, 3.63) is 58.7 Å². The summed E-state index contributed by atoms with van der Waals surface area (Å²) in [5.74, 6) is -0.251. The number of amides is 2. The lowest BCUT2D eigenvalue weighted by Crippen LogP contribution is -2.15. The minimum Gasteiger partial charge on any atom is -0.330 e. The van der Waals surface area contributed by atoms with Gasteiger partial charge < -0.3 is 16.4 Å². The average Bonchev–Trinajstić information content (AvgIpc) is 2.58. The van der Waals surface area contributed by atoms with E-state index in [1.165, 1.54) is 0 Å². The summed E-state index contributed by atoms with van der Waals surface area (Å²) in [6.45, 7) is 6.39. The molecule has 0 fully saturated rings. The molecule has 0 atom stereocenters. The van der Waals surface area contributed by atoms with Gasteiger partial charge in [0.1, 0.15) is 0 Å². The smallest absolute Gasteiger partial charge is 0.255 e. The van der Waals surface area contributed by atoms with Crippen molar-refractivity contribution in [2.45, 2.75) is 33.6 Å². The molecule has 0 aliphatic carbocycles. The maximum atomic E-state index is 12.5. The number of aryl methyl sites for hydroxylation is 3. The van der Waals surface area contributed by atoms with Gasteiger partial charge in [-0.25, -0.2) is 0 Å². The number of anilines is 2. The van der Waals surface area contributed by atoms with Gasteiger partial charge in [-0.2, -0.15) is 0 Å². The molecule has 0 radical (unpaired) electrons. The normalized spacial score (nSPS) is 10.4. The van der Waals surface area contributed by atoms with Gasteiger partial charge in [0.15, 0.2) is 0 Å². The van der Waals surface area contributed by atoms with Crippen LogP contribution >= 0.6 is 0 Å². The molecule has 4 N–H and O–H groups in total.